The molecule has 5 rings (SSSR count). The highest BCUT2D eigenvalue weighted by atomic mass is 35.5. The average Bonchev–Trinajstić information content (AvgIpc) is 3.69. The lowest BCUT2D eigenvalue weighted by atomic mass is 9.93. The molecule has 0 aliphatic rings. The van der Waals surface area contributed by atoms with Crippen molar-refractivity contribution in [3.63, 3.8) is 0 Å². The number of aryl methyl sites for hydroxylation is 1. The van der Waals surface area contributed by atoms with Crippen LogP contribution in [0.5, 0.6) is 5.75 Å². The van der Waals surface area contributed by atoms with Gasteiger partial charge in [0.15, 0.2) is 11.6 Å². The van der Waals surface area contributed by atoms with Crippen LogP contribution < -0.4 is 10.1 Å². The van der Waals surface area contributed by atoms with Gasteiger partial charge in [-0.15, -0.1) is 10.2 Å². The zero-order valence-electron chi connectivity index (χ0n) is 24.5. The number of carbonyl (C=O) groups excluding carboxylic acids is 2. The van der Waals surface area contributed by atoms with E-state index >= 15 is 0 Å². The molecule has 0 bridgehead atoms. The van der Waals surface area contributed by atoms with E-state index in [2.05, 4.69) is 35.5 Å². The molecule has 1 amide bonds. The number of ketones is 1. The Morgan fingerprint density at radius 1 is 1.10 bits per heavy atom. The third-order valence-electron chi connectivity index (χ3n) is 6.78. The quantitative estimate of drug-likeness (QED) is 0.148. The number of nitriles is 1. The molecule has 1 N–H and O–H groups in total. The summed E-state index contributed by atoms with van der Waals surface area (Å²) in [5.74, 6) is -2.65. The maximum Gasteiger partial charge on any atom is 0.455 e. The number of amides is 1. The summed E-state index contributed by atoms with van der Waals surface area (Å²) in [4.78, 5) is 32.1. The minimum atomic E-state index is -4.82. The van der Waals surface area contributed by atoms with Gasteiger partial charge < -0.3 is 10.1 Å². The van der Waals surface area contributed by atoms with Crippen molar-refractivity contribution in [2.75, 3.05) is 0 Å². The second-order valence-corrected chi connectivity index (χ2v) is 10.5. The second-order valence-electron chi connectivity index (χ2n) is 10.1. The molecule has 0 spiro atoms. The van der Waals surface area contributed by atoms with Crippen molar-refractivity contribution in [1.82, 2.24) is 40.3 Å². The van der Waals surface area contributed by atoms with Crippen LogP contribution >= 0.6 is 11.6 Å². The fourth-order valence-corrected chi connectivity index (χ4v) is 4.81. The number of aromatic nitrogens is 7. The average molecular weight is 686 g/mol. The van der Waals surface area contributed by atoms with Crippen molar-refractivity contribution in [3.05, 3.63) is 111 Å². The number of halogens is 6. The van der Waals surface area contributed by atoms with Gasteiger partial charge in [-0.05, 0) is 71.3 Å². The van der Waals surface area contributed by atoms with Gasteiger partial charge in [0.2, 0.25) is 0 Å². The Bertz CT molecular complexity index is 2020. The van der Waals surface area contributed by atoms with Gasteiger partial charge in [-0.1, -0.05) is 23.7 Å². The molecule has 0 unspecified atom stereocenters. The van der Waals surface area contributed by atoms with Gasteiger partial charge in [-0.3, -0.25) is 9.59 Å². The van der Waals surface area contributed by atoms with Crippen LogP contribution in [0.1, 0.15) is 54.6 Å². The number of rotatable bonds is 11. The molecule has 3 heterocycles. The summed E-state index contributed by atoms with van der Waals surface area (Å²) in [5, 5.41) is 26.4. The van der Waals surface area contributed by atoms with E-state index in [1.165, 1.54) is 54.7 Å². The molecule has 18 heteroatoms. The number of tetrazole rings is 1. The summed E-state index contributed by atoms with van der Waals surface area (Å²) < 4.78 is 69.4. The first-order valence-electron chi connectivity index (χ1n) is 13.8. The molecular formula is C30H21ClF5N9O3. The highest BCUT2D eigenvalue weighted by Gasteiger charge is 2.37. The van der Waals surface area contributed by atoms with Gasteiger partial charge in [0, 0.05) is 24.7 Å². The Morgan fingerprint density at radius 2 is 1.85 bits per heavy atom. The lowest BCUT2D eigenvalue weighted by Crippen LogP contribution is -2.25. The Labute approximate surface area is 272 Å². The van der Waals surface area contributed by atoms with Gasteiger partial charge in [-0.25, -0.2) is 9.67 Å². The summed E-state index contributed by atoms with van der Waals surface area (Å²) in [5.41, 5.74) is 1.50. The highest BCUT2D eigenvalue weighted by molar-refractivity contribution is 6.32. The van der Waals surface area contributed by atoms with Crippen LogP contribution in [0.15, 0.2) is 60.8 Å². The van der Waals surface area contributed by atoms with Crippen LogP contribution in [0, 0.1) is 18.3 Å². The first-order valence-corrected chi connectivity index (χ1v) is 14.1. The number of Topliss-reactive ketones (excluding diaryl/α,β-unsaturated/α-hetero) is 1. The van der Waals surface area contributed by atoms with E-state index in [4.69, 9.17) is 11.6 Å². The smallest absolute Gasteiger partial charge is 0.435 e. The number of hydrogen-bond donors (Lipinski definition) is 1. The normalized spacial score (nSPS) is 11.4. The number of pyridine rings is 1. The maximum atomic E-state index is 13.9. The van der Waals surface area contributed by atoms with E-state index in [9.17, 15) is 36.8 Å². The van der Waals surface area contributed by atoms with Crippen LogP contribution in [0.3, 0.4) is 0 Å². The zero-order valence-corrected chi connectivity index (χ0v) is 25.3. The molecule has 0 radical (unpaired) electrons. The molecule has 0 saturated carbocycles. The van der Waals surface area contributed by atoms with Crippen molar-refractivity contribution < 1.29 is 36.3 Å². The molecule has 5 aromatic rings. The van der Waals surface area contributed by atoms with Crippen LogP contribution in [-0.2, 0) is 25.7 Å². The van der Waals surface area contributed by atoms with Crippen molar-refractivity contribution in [2.45, 2.75) is 39.2 Å². The minimum absolute atomic E-state index is 0.0162. The van der Waals surface area contributed by atoms with Gasteiger partial charge in [-0.2, -0.15) is 37.1 Å². The topological polar surface area (TPSA) is 154 Å². The predicted octanol–water partition coefficient (Wildman–Crippen LogP) is 5.11. The highest BCUT2D eigenvalue weighted by Crippen LogP contribution is 2.26. The molecule has 12 nitrogen and oxygen atoms in total. The summed E-state index contributed by atoms with van der Waals surface area (Å²) in [6, 6.07) is 14.8. The molecule has 0 fully saturated rings. The van der Waals surface area contributed by atoms with E-state index in [0.717, 1.165) is 4.68 Å². The van der Waals surface area contributed by atoms with Crippen molar-refractivity contribution in [1.29, 1.82) is 5.26 Å². The monoisotopic (exact) mass is 685 g/mol. The van der Waals surface area contributed by atoms with Crippen LogP contribution in [0.2, 0.25) is 5.02 Å². The number of carbonyl (C=O) groups is 2. The third-order valence-corrected chi connectivity index (χ3v) is 7.08. The summed E-state index contributed by atoms with van der Waals surface area (Å²) in [6.07, 6.45) is -3.79. The fraction of sp³-hybridized carbons (Fsp3) is 0.200. The van der Waals surface area contributed by atoms with E-state index in [-0.39, 0.29) is 64.2 Å². The predicted molar refractivity (Wildman–Crippen MR) is 156 cm³/mol. The molecule has 48 heavy (non-hydrogen) atoms. The molecule has 2 aromatic carbocycles. The standard InChI is InChI=1S/C30H21ClF5N9O3/c1-16-9-18(13-37)10-22(27(47)39-14-17-4-6-20(7-5-17)48-29(32)33)21(16)12-25(46)24-11-19(15-44-42-28(40-43-44)30(34,35)36)41-45(24)26-23(31)3-2-8-38-26/h2-11,29H,12,14-15H2,1H3,(H,39,47). The van der Waals surface area contributed by atoms with Gasteiger partial charge in [0.05, 0.1) is 22.3 Å². The molecular weight excluding hydrogens is 665 g/mol. The van der Waals surface area contributed by atoms with Crippen LogP contribution in [0.25, 0.3) is 5.82 Å². The number of benzene rings is 2. The molecule has 246 valence electrons. The van der Waals surface area contributed by atoms with Gasteiger partial charge >= 0.3 is 12.8 Å². The Balaban J connectivity index is 1.44. The molecule has 0 saturated heterocycles. The van der Waals surface area contributed by atoms with Crippen LogP contribution in [0.4, 0.5) is 22.0 Å². The lowest BCUT2D eigenvalue weighted by molar-refractivity contribution is -0.145. The van der Waals surface area contributed by atoms with E-state index in [1.54, 1.807) is 13.0 Å². The summed E-state index contributed by atoms with van der Waals surface area (Å²) in [7, 11) is 0. The zero-order chi connectivity index (χ0) is 34.6. The number of nitrogens with one attached hydrogen (secondary N) is 1. The lowest BCUT2D eigenvalue weighted by Gasteiger charge is -2.14. The van der Waals surface area contributed by atoms with E-state index < -0.39 is 30.3 Å². The van der Waals surface area contributed by atoms with E-state index in [1.807, 2.05) is 6.07 Å². The third kappa shape index (κ3) is 7.78. The molecule has 0 aliphatic carbocycles. The fourth-order valence-electron chi connectivity index (χ4n) is 4.61. The molecule has 3 aromatic heterocycles. The summed E-state index contributed by atoms with van der Waals surface area (Å²) >= 11 is 6.34. The molecule has 0 atom stereocenters. The number of nitrogens with zero attached hydrogens (tertiary/aromatic N) is 8. The van der Waals surface area contributed by atoms with Crippen molar-refractivity contribution in [3.8, 4) is 17.6 Å². The first kappa shape index (κ1) is 33.6. The maximum absolute atomic E-state index is 13.9. The largest absolute Gasteiger partial charge is 0.455 e. The number of alkyl halides is 5. The summed E-state index contributed by atoms with van der Waals surface area (Å²) in [6.45, 7) is -1.78. The second kappa shape index (κ2) is 13.9. The Hall–Kier alpha value is -5.76. The SMILES string of the molecule is Cc1cc(C#N)cc(C(=O)NCc2ccc(OC(F)F)cc2)c1CC(=O)c1cc(Cn2nnc(C(F)(F)F)n2)nn1-c1ncccc1Cl. The van der Waals surface area contributed by atoms with Crippen LogP contribution in [-0.4, -0.2) is 53.3 Å². The first-order chi connectivity index (χ1) is 22.8. The minimum Gasteiger partial charge on any atom is -0.435 e. The number of ether oxygens (including phenoxy) is 1. The van der Waals surface area contributed by atoms with Crippen molar-refractivity contribution >= 4 is 23.3 Å². The van der Waals surface area contributed by atoms with Gasteiger partial charge in [0.25, 0.3) is 11.7 Å². The number of hydrogen-bond acceptors (Lipinski definition) is 9. The Kier molecular flexibility index (Phi) is 9.75. The van der Waals surface area contributed by atoms with Gasteiger partial charge in [0.1, 0.15) is 18.0 Å². The van der Waals surface area contributed by atoms with E-state index in [0.29, 0.717) is 15.9 Å². The van der Waals surface area contributed by atoms with Crippen molar-refractivity contribution in [2.24, 2.45) is 0 Å². The Morgan fingerprint density at radius 3 is 2.50 bits per heavy atom. The molecule has 0 aliphatic heterocycles.